The summed E-state index contributed by atoms with van der Waals surface area (Å²) in [6.07, 6.45) is 6.52. The molecule has 1 aromatic heterocycles. The second-order valence-electron chi connectivity index (χ2n) is 5.95. The normalized spacial score (nSPS) is 21.5. The van der Waals surface area contributed by atoms with Gasteiger partial charge in [-0.2, -0.15) is 5.10 Å². The van der Waals surface area contributed by atoms with Crippen LogP contribution in [0.15, 0.2) is 18.3 Å². The van der Waals surface area contributed by atoms with Crippen molar-refractivity contribution in [2.45, 2.75) is 31.7 Å². The monoisotopic (exact) mass is 289 g/mol. The number of carbonyl (C=O) groups excluding carboxylic acids is 1. The van der Waals surface area contributed by atoms with Gasteiger partial charge in [-0.3, -0.25) is 4.79 Å². The number of aromatic nitrogens is 2. The highest BCUT2D eigenvalue weighted by Gasteiger charge is 2.25. The zero-order chi connectivity index (χ0) is 14.5. The van der Waals surface area contributed by atoms with Gasteiger partial charge in [0.2, 0.25) is 5.91 Å². The number of anilines is 1. The predicted molar refractivity (Wildman–Crippen MR) is 81.0 cm³/mol. The number of hydrogen-bond acceptors (Lipinski definition) is 5. The van der Waals surface area contributed by atoms with Gasteiger partial charge < -0.3 is 15.5 Å². The zero-order valence-corrected chi connectivity index (χ0v) is 12.3. The summed E-state index contributed by atoms with van der Waals surface area (Å²) in [4.78, 5) is 14.0. The third-order valence-electron chi connectivity index (χ3n) is 4.18. The first-order chi connectivity index (χ1) is 10.3. The van der Waals surface area contributed by atoms with E-state index >= 15 is 0 Å². The summed E-state index contributed by atoms with van der Waals surface area (Å²) in [5, 5.41) is 14.4. The molecule has 1 saturated carbocycles. The highest BCUT2D eigenvalue weighted by molar-refractivity contribution is 5.78. The van der Waals surface area contributed by atoms with Crippen molar-refractivity contribution in [2.75, 3.05) is 31.1 Å². The van der Waals surface area contributed by atoms with Gasteiger partial charge in [0.15, 0.2) is 5.82 Å². The molecule has 6 heteroatoms. The van der Waals surface area contributed by atoms with Crippen molar-refractivity contribution < 1.29 is 4.79 Å². The van der Waals surface area contributed by atoms with Gasteiger partial charge in [-0.1, -0.05) is 0 Å². The average Bonchev–Trinajstić information content (AvgIpc) is 3.23. The number of hydrogen-bond donors (Lipinski definition) is 2. The molecule has 0 spiro atoms. The van der Waals surface area contributed by atoms with Crippen LogP contribution in [0.1, 0.15) is 25.7 Å². The molecule has 0 bridgehead atoms. The lowest BCUT2D eigenvalue weighted by molar-refractivity contribution is -0.120. The summed E-state index contributed by atoms with van der Waals surface area (Å²) in [7, 11) is 0. The molecule has 0 radical (unpaired) electrons. The van der Waals surface area contributed by atoms with E-state index < -0.39 is 0 Å². The van der Waals surface area contributed by atoms with E-state index in [1.54, 1.807) is 6.20 Å². The first-order valence-electron chi connectivity index (χ1n) is 7.84. The summed E-state index contributed by atoms with van der Waals surface area (Å²) in [5.74, 6) is 1.77. The molecule has 1 aliphatic carbocycles. The summed E-state index contributed by atoms with van der Waals surface area (Å²) in [6.45, 7) is 3.07. The van der Waals surface area contributed by atoms with Gasteiger partial charge in [-0.15, -0.1) is 5.10 Å². The summed E-state index contributed by atoms with van der Waals surface area (Å²) < 4.78 is 0. The molecule has 1 aliphatic heterocycles. The first kappa shape index (κ1) is 14.3. The molecule has 2 fully saturated rings. The lowest BCUT2D eigenvalue weighted by Crippen LogP contribution is -2.42. The molecule has 6 nitrogen and oxygen atoms in total. The smallest absolute Gasteiger partial charge is 0.233 e. The van der Waals surface area contributed by atoms with E-state index in [2.05, 4.69) is 25.7 Å². The number of nitrogens with zero attached hydrogens (tertiary/aromatic N) is 3. The molecule has 2 N–H and O–H groups in total. The average molecular weight is 289 g/mol. The molecular formula is C15H23N5O. The third kappa shape index (κ3) is 4.14. The van der Waals surface area contributed by atoms with E-state index in [4.69, 9.17) is 0 Å². The molecule has 0 unspecified atom stereocenters. The van der Waals surface area contributed by atoms with Crippen LogP contribution >= 0.6 is 0 Å². The van der Waals surface area contributed by atoms with Crippen molar-refractivity contribution in [3.63, 3.8) is 0 Å². The van der Waals surface area contributed by atoms with E-state index in [0.29, 0.717) is 12.6 Å². The SMILES string of the molecule is O=C(CNC[C@@H]1CCCN1c1cccnn1)NCC1CC1. The Labute approximate surface area is 125 Å². The van der Waals surface area contributed by atoms with Crippen LogP contribution in [0.25, 0.3) is 0 Å². The first-order valence-corrected chi connectivity index (χ1v) is 7.84. The van der Waals surface area contributed by atoms with Gasteiger partial charge in [-0.05, 0) is 43.7 Å². The van der Waals surface area contributed by atoms with E-state index in [1.807, 2.05) is 12.1 Å². The van der Waals surface area contributed by atoms with Crippen molar-refractivity contribution in [1.82, 2.24) is 20.8 Å². The van der Waals surface area contributed by atoms with Gasteiger partial charge in [0.25, 0.3) is 0 Å². The lowest BCUT2D eigenvalue weighted by atomic mass is 10.2. The van der Waals surface area contributed by atoms with Gasteiger partial charge in [0.05, 0.1) is 6.54 Å². The largest absolute Gasteiger partial charge is 0.355 e. The molecule has 1 amide bonds. The second-order valence-corrected chi connectivity index (χ2v) is 5.95. The minimum Gasteiger partial charge on any atom is -0.355 e. The number of carbonyl (C=O) groups is 1. The second kappa shape index (κ2) is 6.85. The molecule has 0 aromatic carbocycles. The maximum Gasteiger partial charge on any atom is 0.233 e. The van der Waals surface area contributed by atoms with E-state index in [0.717, 1.165) is 44.2 Å². The highest BCUT2D eigenvalue weighted by atomic mass is 16.1. The minimum atomic E-state index is 0.103. The maximum atomic E-state index is 11.7. The van der Waals surface area contributed by atoms with Crippen molar-refractivity contribution in [3.05, 3.63) is 18.3 Å². The molecule has 1 saturated heterocycles. The highest BCUT2D eigenvalue weighted by Crippen LogP contribution is 2.27. The van der Waals surface area contributed by atoms with Crippen LogP contribution in [-0.4, -0.2) is 48.3 Å². The molecule has 114 valence electrons. The summed E-state index contributed by atoms with van der Waals surface area (Å²) in [5.41, 5.74) is 0. The van der Waals surface area contributed by atoms with Crippen LogP contribution in [0, 0.1) is 5.92 Å². The summed E-state index contributed by atoms with van der Waals surface area (Å²) in [6, 6.07) is 4.31. The Morgan fingerprint density at radius 1 is 1.33 bits per heavy atom. The fourth-order valence-corrected chi connectivity index (χ4v) is 2.79. The van der Waals surface area contributed by atoms with Crippen LogP contribution in [-0.2, 0) is 4.79 Å². The van der Waals surface area contributed by atoms with Crippen molar-refractivity contribution in [3.8, 4) is 0 Å². The van der Waals surface area contributed by atoms with Gasteiger partial charge in [0, 0.05) is 31.9 Å². The van der Waals surface area contributed by atoms with Crippen molar-refractivity contribution >= 4 is 11.7 Å². The minimum absolute atomic E-state index is 0.103. The number of nitrogens with one attached hydrogen (secondary N) is 2. The lowest BCUT2D eigenvalue weighted by Gasteiger charge is -2.25. The van der Waals surface area contributed by atoms with Crippen molar-refractivity contribution in [1.29, 1.82) is 0 Å². The number of amides is 1. The van der Waals surface area contributed by atoms with Crippen LogP contribution in [0.5, 0.6) is 0 Å². The van der Waals surface area contributed by atoms with Crippen LogP contribution < -0.4 is 15.5 Å². The summed E-state index contributed by atoms with van der Waals surface area (Å²) >= 11 is 0. The Kier molecular flexibility index (Phi) is 4.65. The Morgan fingerprint density at radius 2 is 2.24 bits per heavy atom. The Morgan fingerprint density at radius 3 is 3.00 bits per heavy atom. The molecule has 21 heavy (non-hydrogen) atoms. The van der Waals surface area contributed by atoms with E-state index in [1.165, 1.54) is 12.8 Å². The Bertz CT molecular complexity index is 462. The standard InChI is InChI=1S/C15H23N5O/c21-15(17-9-12-5-6-12)11-16-10-13-3-2-8-20(13)14-4-1-7-18-19-14/h1,4,7,12-13,16H,2-3,5-6,8-11H2,(H,17,21)/t13-/m0/s1. The van der Waals surface area contributed by atoms with Crippen LogP contribution in [0.3, 0.4) is 0 Å². The third-order valence-corrected chi connectivity index (χ3v) is 4.18. The van der Waals surface area contributed by atoms with Gasteiger partial charge >= 0.3 is 0 Å². The fraction of sp³-hybridized carbons (Fsp3) is 0.667. The number of rotatable bonds is 7. The fourth-order valence-electron chi connectivity index (χ4n) is 2.79. The Hall–Kier alpha value is -1.69. The topological polar surface area (TPSA) is 70.2 Å². The molecule has 1 aromatic rings. The van der Waals surface area contributed by atoms with Crippen LogP contribution in [0.2, 0.25) is 0 Å². The van der Waals surface area contributed by atoms with Crippen LogP contribution in [0.4, 0.5) is 5.82 Å². The van der Waals surface area contributed by atoms with E-state index in [9.17, 15) is 4.79 Å². The predicted octanol–water partition coefficient (Wildman–Crippen LogP) is 0.561. The van der Waals surface area contributed by atoms with E-state index in [-0.39, 0.29) is 5.91 Å². The Balaban J connectivity index is 1.40. The molecule has 3 rings (SSSR count). The molecule has 1 atom stereocenters. The molecular weight excluding hydrogens is 266 g/mol. The maximum absolute atomic E-state index is 11.7. The van der Waals surface area contributed by atoms with Gasteiger partial charge in [-0.25, -0.2) is 0 Å². The zero-order valence-electron chi connectivity index (χ0n) is 12.3. The quantitative estimate of drug-likeness (QED) is 0.767. The molecule has 2 aliphatic rings. The molecule has 2 heterocycles. The van der Waals surface area contributed by atoms with Gasteiger partial charge in [0.1, 0.15) is 0 Å². The van der Waals surface area contributed by atoms with Crippen molar-refractivity contribution in [2.24, 2.45) is 5.92 Å².